The number of nitrogens with zero attached hydrogens (tertiary/aromatic N) is 3. The zero-order valence-electron chi connectivity index (χ0n) is 12.0. The minimum absolute atomic E-state index is 0.0647. The fraction of sp³-hybridized carbons (Fsp3) is 0.312. The Bertz CT molecular complexity index is 690. The van der Waals surface area contributed by atoms with Crippen molar-refractivity contribution in [2.75, 3.05) is 0 Å². The molecule has 1 fully saturated rings. The maximum Gasteiger partial charge on any atom is 0.332 e. The third-order valence-corrected chi connectivity index (χ3v) is 3.77. The Labute approximate surface area is 133 Å². The highest BCUT2D eigenvalue weighted by Crippen LogP contribution is 2.21. The Morgan fingerprint density at radius 3 is 2.95 bits per heavy atom. The highest BCUT2D eigenvalue weighted by Gasteiger charge is 2.17. The zero-order chi connectivity index (χ0) is 15.4. The van der Waals surface area contributed by atoms with Crippen molar-refractivity contribution >= 4 is 23.8 Å². The molecular weight excluding hydrogens is 302 g/mol. The summed E-state index contributed by atoms with van der Waals surface area (Å²) >= 11 is 5.95. The van der Waals surface area contributed by atoms with E-state index in [1.54, 1.807) is 18.3 Å². The molecule has 0 saturated heterocycles. The van der Waals surface area contributed by atoms with E-state index in [9.17, 15) is 4.79 Å². The monoisotopic (exact) mass is 317 g/mol. The molecular formula is C16H16ClN3O2. The molecule has 0 unspecified atom stereocenters. The van der Waals surface area contributed by atoms with Gasteiger partial charge in [-0.15, -0.1) is 5.10 Å². The Kier molecular flexibility index (Phi) is 4.53. The minimum atomic E-state index is -0.341. The van der Waals surface area contributed by atoms with Crippen molar-refractivity contribution in [3.05, 3.63) is 41.7 Å². The van der Waals surface area contributed by atoms with Crippen LogP contribution in [0.5, 0.6) is 0 Å². The molecule has 0 aliphatic heterocycles. The summed E-state index contributed by atoms with van der Waals surface area (Å²) in [5.41, 5.74) is 0.827. The van der Waals surface area contributed by atoms with Crippen molar-refractivity contribution in [1.29, 1.82) is 0 Å². The number of hydrogen-bond donors (Lipinski definition) is 0. The number of aromatic nitrogens is 3. The molecule has 1 aliphatic carbocycles. The van der Waals surface area contributed by atoms with Gasteiger partial charge >= 0.3 is 5.97 Å². The maximum atomic E-state index is 11.7. The first-order valence-corrected chi connectivity index (χ1v) is 7.64. The van der Waals surface area contributed by atoms with Crippen LogP contribution in [0.3, 0.4) is 0 Å². The molecule has 6 heteroatoms. The van der Waals surface area contributed by atoms with Crippen LogP contribution in [0.25, 0.3) is 17.6 Å². The lowest BCUT2D eigenvalue weighted by molar-refractivity contribution is -0.142. The van der Waals surface area contributed by atoms with Crippen molar-refractivity contribution in [3.8, 4) is 11.4 Å². The molecule has 2 aromatic rings. The Balaban J connectivity index is 1.63. The lowest BCUT2D eigenvalue weighted by Gasteiger charge is -2.08. The molecule has 1 aromatic carbocycles. The summed E-state index contributed by atoms with van der Waals surface area (Å²) in [7, 11) is 0. The van der Waals surface area contributed by atoms with Crippen LogP contribution in [0.2, 0.25) is 5.02 Å². The van der Waals surface area contributed by atoms with Gasteiger partial charge < -0.3 is 4.74 Å². The number of hydrogen-bond acceptors (Lipinski definition) is 4. The number of halogens is 1. The average molecular weight is 318 g/mol. The number of esters is 1. The van der Waals surface area contributed by atoms with Gasteiger partial charge in [0.2, 0.25) is 0 Å². The van der Waals surface area contributed by atoms with E-state index in [-0.39, 0.29) is 12.1 Å². The van der Waals surface area contributed by atoms with Crippen LogP contribution >= 0.6 is 11.6 Å². The number of carbonyl (C=O) groups excluding carboxylic acids is 1. The van der Waals surface area contributed by atoms with Crippen molar-refractivity contribution in [2.45, 2.75) is 31.8 Å². The predicted molar refractivity (Wildman–Crippen MR) is 84.1 cm³/mol. The molecule has 1 heterocycles. The lowest BCUT2D eigenvalue weighted by Crippen LogP contribution is -2.12. The third kappa shape index (κ3) is 3.74. The number of rotatable bonds is 4. The largest absolute Gasteiger partial charge is 0.459 e. The van der Waals surface area contributed by atoms with Crippen LogP contribution in [0.1, 0.15) is 25.7 Å². The van der Waals surface area contributed by atoms with Gasteiger partial charge in [0.25, 0.3) is 0 Å². The van der Waals surface area contributed by atoms with Gasteiger partial charge in [0.15, 0.2) is 5.82 Å². The zero-order valence-corrected chi connectivity index (χ0v) is 12.7. The van der Waals surface area contributed by atoms with Gasteiger partial charge in [0, 0.05) is 22.9 Å². The van der Waals surface area contributed by atoms with Crippen molar-refractivity contribution in [2.24, 2.45) is 0 Å². The molecule has 1 saturated carbocycles. The van der Waals surface area contributed by atoms with E-state index >= 15 is 0 Å². The van der Waals surface area contributed by atoms with E-state index in [1.807, 2.05) is 12.1 Å². The summed E-state index contributed by atoms with van der Waals surface area (Å²) in [4.78, 5) is 15.9. The van der Waals surface area contributed by atoms with E-state index in [0.717, 1.165) is 31.2 Å². The highest BCUT2D eigenvalue weighted by molar-refractivity contribution is 6.30. The van der Waals surface area contributed by atoms with Gasteiger partial charge in [-0.25, -0.2) is 14.5 Å². The molecule has 114 valence electrons. The molecule has 22 heavy (non-hydrogen) atoms. The minimum Gasteiger partial charge on any atom is -0.459 e. The van der Waals surface area contributed by atoms with Gasteiger partial charge in [-0.1, -0.05) is 23.7 Å². The normalized spacial score (nSPS) is 15.5. The van der Waals surface area contributed by atoms with E-state index < -0.39 is 0 Å². The number of carbonyl (C=O) groups is 1. The summed E-state index contributed by atoms with van der Waals surface area (Å²) in [6.07, 6.45) is 8.70. The molecule has 0 atom stereocenters. The number of benzene rings is 1. The molecule has 0 radical (unpaired) electrons. The Hall–Kier alpha value is -2.14. The average Bonchev–Trinajstić information content (AvgIpc) is 3.16. The van der Waals surface area contributed by atoms with E-state index in [2.05, 4.69) is 10.1 Å². The standard InChI is InChI=1S/C16H16ClN3O2/c17-13-5-3-4-12(10-13)16-18-11-20(19-16)9-8-15(21)22-14-6-1-2-7-14/h3-5,8-11,14H,1-2,6-7H2/b9-8-. The molecule has 5 nitrogen and oxygen atoms in total. The van der Waals surface area contributed by atoms with Crippen molar-refractivity contribution in [1.82, 2.24) is 14.8 Å². The highest BCUT2D eigenvalue weighted by atomic mass is 35.5. The maximum absolute atomic E-state index is 11.7. The first-order chi connectivity index (χ1) is 10.7. The topological polar surface area (TPSA) is 57.0 Å². The van der Waals surface area contributed by atoms with Crippen LogP contribution in [-0.2, 0) is 9.53 Å². The lowest BCUT2D eigenvalue weighted by atomic mass is 10.2. The van der Waals surface area contributed by atoms with Crippen molar-refractivity contribution < 1.29 is 9.53 Å². The van der Waals surface area contributed by atoms with Crippen LogP contribution in [-0.4, -0.2) is 26.8 Å². The predicted octanol–water partition coefficient (Wildman–Crippen LogP) is 3.56. The van der Waals surface area contributed by atoms with Crippen LogP contribution in [0, 0.1) is 0 Å². The Morgan fingerprint density at radius 2 is 2.18 bits per heavy atom. The molecule has 0 N–H and O–H groups in total. The summed E-state index contributed by atoms with van der Waals surface area (Å²) in [6.45, 7) is 0. The van der Waals surface area contributed by atoms with E-state index in [0.29, 0.717) is 10.8 Å². The molecule has 3 rings (SSSR count). The quantitative estimate of drug-likeness (QED) is 0.639. The van der Waals surface area contributed by atoms with Gasteiger partial charge in [0.1, 0.15) is 12.4 Å². The van der Waals surface area contributed by atoms with Crippen molar-refractivity contribution in [3.63, 3.8) is 0 Å². The smallest absolute Gasteiger partial charge is 0.332 e. The third-order valence-electron chi connectivity index (χ3n) is 3.54. The summed E-state index contributed by atoms with van der Waals surface area (Å²) < 4.78 is 6.81. The SMILES string of the molecule is O=C(/C=C\n1cnc(-c2cccc(Cl)c2)n1)OC1CCCC1. The first kappa shape index (κ1) is 14.8. The second-order valence-corrected chi connectivity index (χ2v) is 5.65. The van der Waals surface area contributed by atoms with Crippen LogP contribution in [0.15, 0.2) is 36.7 Å². The molecule has 1 aromatic heterocycles. The summed E-state index contributed by atoms with van der Waals surface area (Å²) in [5, 5.41) is 4.91. The Morgan fingerprint density at radius 1 is 1.36 bits per heavy atom. The first-order valence-electron chi connectivity index (χ1n) is 7.26. The fourth-order valence-corrected chi connectivity index (χ4v) is 2.64. The molecule has 0 bridgehead atoms. The second kappa shape index (κ2) is 6.75. The second-order valence-electron chi connectivity index (χ2n) is 5.22. The summed E-state index contributed by atoms with van der Waals surface area (Å²) in [5.74, 6) is 0.211. The molecule has 1 aliphatic rings. The van der Waals surface area contributed by atoms with Crippen LogP contribution < -0.4 is 0 Å². The van der Waals surface area contributed by atoms with Gasteiger partial charge in [-0.05, 0) is 37.8 Å². The fourth-order valence-electron chi connectivity index (χ4n) is 2.45. The van der Waals surface area contributed by atoms with Crippen LogP contribution in [0.4, 0.5) is 0 Å². The summed E-state index contributed by atoms with van der Waals surface area (Å²) in [6, 6.07) is 7.30. The van der Waals surface area contributed by atoms with E-state index in [1.165, 1.54) is 17.1 Å². The van der Waals surface area contributed by atoms with E-state index in [4.69, 9.17) is 16.3 Å². The number of ether oxygens (including phenoxy) is 1. The van der Waals surface area contributed by atoms with Gasteiger partial charge in [-0.3, -0.25) is 0 Å². The van der Waals surface area contributed by atoms with Gasteiger partial charge in [-0.2, -0.15) is 0 Å². The molecule has 0 amide bonds. The van der Waals surface area contributed by atoms with Gasteiger partial charge in [0.05, 0.1) is 0 Å². The molecule has 0 spiro atoms.